The van der Waals surface area contributed by atoms with Crippen molar-refractivity contribution >= 4 is 21.6 Å². The molecule has 0 spiro atoms. The van der Waals surface area contributed by atoms with Gasteiger partial charge in [0.05, 0.1) is 11.1 Å². The van der Waals surface area contributed by atoms with Crippen LogP contribution in [0.2, 0.25) is 0 Å². The van der Waals surface area contributed by atoms with Crippen molar-refractivity contribution in [3.63, 3.8) is 0 Å². The van der Waals surface area contributed by atoms with Crippen LogP contribution in [-0.4, -0.2) is 6.61 Å². The Kier molecular flexibility index (Phi) is 6.56. The third-order valence-corrected chi connectivity index (χ3v) is 4.52. The van der Waals surface area contributed by atoms with Gasteiger partial charge in [-0.25, -0.2) is 0 Å². The molecule has 0 aliphatic heterocycles. The van der Waals surface area contributed by atoms with E-state index in [0.717, 1.165) is 33.8 Å². The van der Waals surface area contributed by atoms with Gasteiger partial charge >= 0.3 is 0 Å². The third-order valence-electron chi connectivity index (χ3n) is 3.90. The molecule has 4 heteroatoms. The van der Waals surface area contributed by atoms with E-state index >= 15 is 0 Å². The van der Waals surface area contributed by atoms with Crippen LogP contribution in [0.5, 0.6) is 11.5 Å². The highest BCUT2D eigenvalue weighted by molar-refractivity contribution is 9.10. The molecule has 0 heterocycles. The number of hydrogen-bond acceptors (Lipinski definition) is 3. The summed E-state index contributed by atoms with van der Waals surface area (Å²) in [5.74, 6) is 1.74. The van der Waals surface area contributed by atoms with Crippen LogP contribution < -0.4 is 14.8 Å². The molecule has 1 N–H and O–H groups in total. The van der Waals surface area contributed by atoms with Gasteiger partial charge in [0.1, 0.15) is 18.1 Å². The lowest BCUT2D eigenvalue weighted by Crippen LogP contribution is -2.01. The van der Waals surface area contributed by atoms with Gasteiger partial charge in [0.2, 0.25) is 0 Å². The predicted octanol–water partition coefficient (Wildman–Crippen LogP) is 6.04. The molecule has 0 radical (unpaired) electrons. The Balaban J connectivity index is 1.55. The van der Waals surface area contributed by atoms with Gasteiger partial charge in [0.15, 0.2) is 0 Å². The smallest absolute Gasteiger partial charge is 0.134 e. The quantitative estimate of drug-likeness (QED) is 0.489. The largest absolute Gasteiger partial charge is 0.494 e. The average molecular weight is 412 g/mol. The Bertz CT molecular complexity index is 819. The first-order valence-electron chi connectivity index (χ1n) is 8.66. The van der Waals surface area contributed by atoms with Crippen LogP contribution >= 0.6 is 15.9 Å². The third kappa shape index (κ3) is 5.27. The van der Waals surface area contributed by atoms with Crippen molar-refractivity contribution in [3.05, 3.63) is 88.4 Å². The Morgan fingerprint density at radius 3 is 2.31 bits per heavy atom. The second-order valence-electron chi connectivity index (χ2n) is 5.85. The van der Waals surface area contributed by atoms with E-state index in [2.05, 4.69) is 45.5 Å². The van der Waals surface area contributed by atoms with Crippen molar-refractivity contribution < 1.29 is 9.47 Å². The van der Waals surface area contributed by atoms with Crippen molar-refractivity contribution in [2.45, 2.75) is 20.1 Å². The topological polar surface area (TPSA) is 30.5 Å². The summed E-state index contributed by atoms with van der Waals surface area (Å²) in [5, 5.41) is 3.42. The molecule has 0 saturated heterocycles. The highest BCUT2D eigenvalue weighted by Crippen LogP contribution is 2.27. The predicted molar refractivity (Wildman–Crippen MR) is 110 cm³/mol. The van der Waals surface area contributed by atoms with Gasteiger partial charge in [0.25, 0.3) is 0 Å². The zero-order valence-corrected chi connectivity index (χ0v) is 16.3. The van der Waals surface area contributed by atoms with E-state index in [9.17, 15) is 0 Å². The van der Waals surface area contributed by atoms with Crippen molar-refractivity contribution in [2.24, 2.45) is 0 Å². The number of hydrogen-bond donors (Lipinski definition) is 1. The van der Waals surface area contributed by atoms with Gasteiger partial charge in [-0.1, -0.05) is 36.4 Å². The summed E-state index contributed by atoms with van der Waals surface area (Å²) in [4.78, 5) is 0. The van der Waals surface area contributed by atoms with Crippen molar-refractivity contribution in [2.75, 3.05) is 11.9 Å². The van der Waals surface area contributed by atoms with E-state index in [4.69, 9.17) is 9.47 Å². The minimum Gasteiger partial charge on any atom is -0.494 e. The first-order valence-corrected chi connectivity index (χ1v) is 9.46. The van der Waals surface area contributed by atoms with Crippen LogP contribution in [0.3, 0.4) is 0 Å². The summed E-state index contributed by atoms with van der Waals surface area (Å²) in [6, 6.07) is 24.3. The molecule has 0 aliphatic carbocycles. The number of benzene rings is 3. The van der Waals surface area contributed by atoms with Crippen LogP contribution in [-0.2, 0) is 13.2 Å². The molecule has 3 rings (SSSR count). The maximum Gasteiger partial charge on any atom is 0.134 e. The molecule has 3 nitrogen and oxygen atoms in total. The molecular weight excluding hydrogens is 390 g/mol. The molecule has 134 valence electrons. The Labute approximate surface area is 163 Å². The molecule has 0 saturated carbocycles. The summed E-state index contributed by atoms with van der Waals surface area (Å²) in [7, 11) is 0. The molecule has 3 aromatic carbocycles. The monoisotopic (exact) mass is 411 g/mol. The zero-order chi connectivity index (χ0) is 18.2. The van der Waals surface area contributed by atoms with Crippen LogP contribution in [0.25, 0.3) is 0 Å². The van der Waals surface area contributed by atoms with Gasteiger partial charge in [-0.05, 0) is 70.4 Å². The number of nitrogens with one attached hydrogen (secondary N) is 1. The molecule has 0 atom stereocenters. The molecule has 0 unspecified atom stereocenters. The Hall–Kier alpha value is -2.46. The van der Waals surface area contributed by atoms with Crippen molar-refractivity contribution in [1.82, 2.24) is 0 Å². The van der Waals surface area contributed by atoms with Crippen LogP contribution in [0.15, 0.2) is 77.3 Å². The summed E-state index contributed by atoms with van der Waals surface area (Å²) in [5.41, 5.74) is 3.40. The van der Waals surface area contributed by atoms with E-state index in [0.29, 0.717) is 13.2 Å². The van der Waals surface area contributed by atoms with Gasteiger partial charge in [-0.2, -0.15) is 0 Å². The van der Waals surface area contributed by atoms with E-state index in [1.165, 1.54) is 5.56 Å². The number of ether oxygens (including phenoxy) is 2. The van der Waals surface area contributed by atoms with Gasteiger partial charge in [-0.15, -0.1) is 0 Å². The van der Waals surface area contributed by atoms with Crippen LogP contribution in [0.4, 0.5) is 5.69 Å². The Morgan fingerprint density at radius 2 is 1.62 bits per heavy atom. The minimum absolute atomic E-state index is 0.559. The summed E-state index contributed by atoms with van der Waals surface area (Å²) < 4.78 is 12.3. The zero-order valence-electron chi connectivity index (χ0n) is 14.7. The second-order valence-corrected chi connectivity index (χ2v) is 6.70. The number of rotatable bonds is 8. The SMILES string of the molecule is CCOc1ccc(NCc2ccc(OCc3ccccc3)c(Br)c2)cc1. The molecule has 0 aromatic heterocycles. The molecule has 26 heavy (non-hydrogen) atoms. The first kappa shape index (κ1) is 18.3. The average Bonchev–Trinajstić information content (AvgIpc) is 2.68. The van der Waals surface area contributed by atoms with Gasteiger partial charge < -0.3 is 14.8 Å². The maximum atomic E-state index is 5.90. The summed E-state index contributed by atoms with van der Waals surface area (Å²) >= 11 is 3.60. The highest BCUT2D eigenvalue weighted by atomic mass is 79.9. The Morgan fingerprint density at radius 1 is 0.846 bits per heavy atom. The number of halogens is 1. The van der Waals surface area contributed by atoms with Gasteiger partial charge in [-0.3, -0.25) is 0 Å². The van der Waals surface area contributed by atoms with Crippen molar-refractivity contribution in [1.29, 1.82) is 0 Å². The van der Waals surface area contributed by atoms with E-state index in [-0.39, 0.29) is 0 Å². The van der Waals surface area contributed by atoms with Gasteiger partial charge in [0, 0.05) is 12.2 Å². The van der Waals surface area contributed by atoms with E-state index < -0.39 is 0 Å². The molecular formula is C22H22BrNO2. The highest BCUT2D eigenvalue weighted by Gasteiger charge is 2.04. The first-order chi connectivity index (χ1) is 12.7. The lowest BCUT2D eigenvalue weighted by Gasteiger charge is -2.11. The molecule has 0 amide bonds. The van der Waals surface area contributed by atoms with Crippen LogP contribution in [0.1, 0.15) is 18.1 Å². The standard InChI is InChI=1S/C22H22BrNO2/c1-2-25-20-11-9-19(10-12-20)24-15-18-8-13-22(21(23)14-18)26-16-17-6-4-3-5-7-17/h3-14,24H,2,15-16H2,1H3. The van der Waals surface area contributed by atoms with E-state index in [1.807, 2.05) is 55.5 Å². The van der Waals surface area contributed by atoms with Crippen LogP contribution in [0, 0.1) is 0 Å². The fourth-order valence-corrected chi connectivity index (χ4v) is 3.09. The lowest BCUT2D eigenvalue weighted by molar-refractivity contribution is 0.304. The minimum atomic E-state index is 0.559. The number of anilines is 1. The molecule has 0 fully saturated rings. The second kappa shape index (κ2) is 9.30. The molecule has 3 aromatic rings. The molecule has 0 aliphatic rings. The normalized spacial score (nSPS) is 10.4. The van der Waals surface area contributed by atoms with E-state index in [1.54, 1.807) is 0 Å². The lowest BCUT2D eigenvalue weighted by atomic mass is 10.2. The summed E-state index contributed by atoms with van der Waals surface area (Å²) in [6.45, 7) is 3.96. The fourth-order valence-electron chi connectivity index (χ4n) is 2.55. The van der Waals surface area contributed by atoms with Crippen molar-refractivity contribution in [3.8, 4) is 11.5 Å². The summed E-state index contributed by atoms with van der Waals surface area (Å²) in [6.07, 6.45) is 0. The fraction of sp³-hybridized carbons (Fsp3) is 0.182. The molecule has 0 bridgehead atoms. The maximum absolute atomic E-state index is 5.90.